The summed E-state index contributed by atoms with van der Waals surface area (Å²) in [5.74, 6) is 1.49. The molecular weight excluding hydrogens is 362 g/mol. The van der Waals surface area contributed by atoms with Crippen LogP contribution in [0.1, 0.15) is 41.8 Å². The molecule has 1 heterocycles. The monoisotopic (exact) mass is 389 g/mol. The summed E-state index contributed by atoms with van der Waals surface area (Å²) in [6.45, 7) is 4.06. The Kier molecular flexibility index (Phi) is 5.79. The van der Waals surface area contributed by atoms with Gasteiger partial charge < -0.3 is 9.15 Å². The van der Waals surface area contributed by atoms with Gasteiger partial charge >= 0.3 is 5.97 Å². The van der Waals surface area contributed by atoms with Crippen LogP contribution in [0.2, 0.25) is 0 Å². The maximum atomic E-state index is 12.8. The van der Waals surface area contributed by atoms with E-state index in [1.165, 1.54) is 5.56 Å². The molecular formula is C25H27NO3. The number of carbonyl (C=O) groups is 1. The molecule has 0 aliphatic heterocycles. The number of esters is 1. The second-order valence-electron chi connectivity index (χ2n) is 7.93. The molecule has 0 N–H and O–H groups in total. The van der Waals surface area contributed by atoms with E-state index in [9.17, 15) is 4.79 Å². The lowest BCUT2D eigenvalue weighted by Gasteiger charge is -2.18. The Morgan fingerprint density at radius 2 is 1.83 bits per heavy atom. The minimum Gasteiger partial charge on any atom is -0.459 e. The van der Waals surface area contributed by atoms with Crippen molar-refractivity contribution in [2.24, 2.45) is 11.8 Å². The first-order chi connectivity index (χ1) is 14.1. The molecule has 1 aromatic heterocycles. The zero-order valence-electron chi connectivity index (χ0n) is 17.1. The Labute approximate surface area is 171 Å². The summed E-state index contributed by atoms with van der Waals surface area (Å²) >= 11 is 0. The number of nitrogens with zero attached hydrogens (tertiary/aromatic N) is 1. The van der Waals surface area contributed by atoms with Gasteiger partial charge in [0, 0.05) is 5.56 Å². The third-order valence-electron chi connectivity index (χ3n) is 5.92. The summed E-state index contributed by atoms with van der Waals surface area (Å²) < 4.78 is 11.5. The van der Waals surface area contributed by atoms with Crippen molar-refractivity contribution in [2.75, 3.05) is 0 Å². The molecule has 1 saturated carbocycles. The molecule has 0 saturated heterocycles. The Hall–Kier alpha value is -2.88. The number of aryl methyl sites for hydroxylation is 2. The van der Waals surface area contributed by atoms with Gasteiger partial charge in [-0.25, -0.2) is 4.98 Å². The van der Waals surface area contributed by atoms with Gasteiger partial charge in [0.15, 0.2) is 0 Å². The molecule has 4 nitrogen and oxygen atoms in total. The van der Waals surface area contributed by atoms with Crippen molar-refractivity contribution in [3.05, 3.63) is 77.2 Å². The number of hydrogen-bond acceptors (Lipinski definition) is 4. The fraction of sp³-hybridized carbons (Fsp3) is 0.360. The highest BCUT2D eigenvalue weighted by Crippen LogP contribution is 2.35. The first-order valence-corrected chi connectivity index (χ1v) is 10.3. The van der Waals surface area contributed by atoms with Gasteiger partial charge in [-0.1, -0.05) is 55.0 Å². The second kappa shape index (κ2) is 8.64. The molecule has 0 amide bonds. The fourth-order valence-electron chi connectivity index (χ4n) is 4.24. The summed E-state index contributed by atoms with van der Waals surface area (Å²) in [5, 5.41) is 0. The number of oxazole rings is 1. The topological polar surface area (TPSA) is 52.3 Å². The number of hydrogen-bond donors (Lipinski definition) is 0. The van der Waals surface area contributed by atoms with Crippen LogP contribution in [-0.2, 0) is 22.6 Å². The zero-order chi connectivity index (χ0) is 20.2. The minimum atomic E-state index is -0.108. The molecule has 2 unspecified atom stereocenters. The summed E-state index contributed by atoms with van der Waals surface area (Å²) in [6.07, 6.45) is 4.00. The van der Waals surface area contributed by atoms with Crippen LogP contribution in [-0.4, -0.2) is 11.0 Å². The third kappa shape index (κ3) is 4.42. The number of rotatable bonds is 6. The normalized spacial score (nSPS) is 18.7. The maximum Gasteiger partial charge on any atom is 0.309 e. The Morgan fingerprint density at radius 3 is 2.62 bits per heavy atom. The molecule has 2 aromatic carbocycles. The smallest absolute Gasteiger partial charge is 0.309 e. The van der Waals surface area contributed by atoms with Gasteiger partial charge in [0.2, 0.25) is 5.89 Å². The molecule has 29 heavy (non-hydrogen) atoms. The zero-order valence-corrected chi connectivity index (χ0v) is 17.1. The van der Waals surface area contributed by atoms with Crippen LogP contribution < -0.4 is 0 Å². The van der Waals surface area contributed by atoms with Crippen LogP contribution in [0.5, 0.6) is 0 Å². The predicted molar refractivity (Wildman–Crippen MR) is 112 cm³/mol. The highest BCUT2D eigenvalue weighted by molar-refractivity contribution is 5.73. The van der Waals surface area contributed by atoms with Gasteiger partial charge in [0.05, 0.1) is 5.92 Å². The molecule has 1 fully saturated rings. The third-order valence-corrected chi connectivity index (χ3v) is 5.92. The van der Waals surface area contributed by atoms with E-state index >= 15 is 0 Å². The highest BCUT2D eigenvalue weighted by atomic mass is 16.5. The Bertz CT molecular complexity index is 977. The van der Waals surface area contributed by atoms with Gasteiger partial charge in [-0.05, 0) is 56.2 Å². The summed E-state index contributed by atoms with van der Waals surface area (Å²) in [5.41, 5.74) is 4.04. The number of benzene rings is 2. The van der Waals surface area contributed by atoms with Crippen molar-refractivity contribution in [1.82, 2.24) is 4.98 Å². The van der Waals surface area contributed by atoms with E-state index in [-0.39, 0.29) is 18.5 Å². The predicted octanol–water partition coefficient (Wildman–Crippen LogP) is 5.66. The van der Waals surface area contributed by atoms with Crippen molar-refractivity contribution in [3.63, 3.8) is 0 Å². The minimum absolute atomic E-state index is 0.0294. The van der Waals surface area contributed by atoms with Crippen LogP contribution >= 0.6 is 0 Å². The standard InChI is InChI=1S/C25H27NO3/c1-17-9-6-7-13-21(17)24-26-23(18(2)29-24)16-28-25(27)22-14-8-12-20(22)15-19-10-4-3-5-11-19/h3-7,9-11,13,20,22H,8,12,14-16H2,1-2H3. The molecule has 4 heteroatoms. The van der Waals surface area contributed by atoms with Crippen molar-refractivity contribution >= 4 is 5.97 Å². The van der Waals surface area contributed by atoms with E-state index in [0.717, 1.165) is 36.8 Å². The average molecular weight is 389 g/mol. The largest absolute Gasteiger partial charge is 0.459 e. The summed E-state index contributed by atoms with van der Waals surface area (Å²) in [6, 6.07) is 18.4. The van der Waals surface area contributed by atoms with Gasteiger partial charge in [0.1, 0.15) is 18.1 Å². The highest BCUT2D eigenvalue weighted by Gasteiger charge is 2.34. The van der Waals surface area contributed by atoms with Crippen LogP contribution in [0.4, 0.5) is 0 Å². The molecule has 150 valence electrons. The first kappa shape index (κ1) is 19.4. The van der Waals surface area contributed by atoms with Crippen LogP contribution in [0, 0.1) is 25.7 Å². The average Bonchev–Trinajstić information content (AvgIpc) is 3.34. The van der Waals surface area contributed by atoms with E-state index in [4.69, 9.17) is 9.15 Å². The second-order valence-corrected chi connectivity index (χ2v) is 7.93. The molecule has 0 bridgehead atoms. The number of aromatic nitrogens is 1. The van der Waals surface area contributed by atoms with Gasteiger partial charge in [-0.15, -0.1) is 0 Å². The van der Waals surface area contributed by atoms with Crippen molar-refractivity contribution in [3.8, 4) is 11.5 Å². The van der Waals surface area contributed by atoms with Crippen molar-refractivity contribution in [1.29, 1.82) is 0 Å². The molecule has 3 aromatic rings. The summed E-state index contributed by atoms with van der Waals surface area (Å²) in [7, 11) is 0. The van der Waals surface area contributed by atoms with Crippen LogP contribution in [0.15, 0.2) is 59.0 Å². The van der Waals surface area contributed by atoms with Gasteiger partial charge in [0.25, 0.3) is 0 Å². The lowest BCUT2D eigenvalue weighted by molar-refractivity contribution is -0.151. The van der Waals surface area contributed by atoms with Gasteiger partial charge in [-0.3, -0.25) is 4.79 Å². The summed E-state index contributed by atoms with van der Waals surface area (Å²) in [4.78, 5) is 17.4. The van der Waals surface area contributed by atoms with Crippen LogP contribution in [0.3, 0.4) is 0 Å². The van der Waals surface area contributed by atoms with E-state index in [0.29, 0.717) is 23.3 Å². The molecule has 1 aliphatic carbocycles. The first-order valence-electron chi connectivity index (χ1n) is 10.3. The molecule has 0 radical (unpaired) electrons. The Balaban J connectivity index is 1.40. The van der Waals surface area contributed by atoms with E-state index in [2.05, 4.69) is 29.2 Å². The van der Waals surface area contributed by atoms with Crippen molar-refractivity contribution in [2.45, 2.75) is 46.1 Å². The molecule has 2 atom stereocenters. The van der Waals surface area contributed by atoms with E-state index in [1.807, 2.05) is 44.2 Å². The lowest BCUT2D eigenvalue weighted by atomic mass is 9.90. The maximum absolute atomic E-state index is 12.8. The van der Waals surface area contributed by atoms with Gasteiger partial charge in [-0.2, -0.15) is 0 Å². The molecule has 0 spiro atoms. The van der Waals surface area contributed by atoms with E-state index < -0.39 is 0 Å². The fourth-order valence-corrected chi connectivity index (χ4v) is 4.24. The number of ether oxygens (including phenoxy) is 1. The SMILES string of the molecule is Cc1ccccc1-c1nc(COC(=O)C2CCCC2Cc2ccccc2)c(C)o1. The quantitative estimate of drug-likeness (QED) is 0.510. The lowest BCUT2D eigenvalue weighted by Crippen LogP contribution is -2.23. The van der Waals surface area contributed by atoms with Crippen LogP contribution in [0.25, 0.3) is 11.5 Å². The molecule has 1 aliphatic rings. The van der Waals surface area contributed by atoms with Crippen molar-refractivity contribution < 1.29 is 13.9 Å². The molecule has 4 rings (SSSR count). The Morgan fingerprint density at radius 1 is 1.07 bits per heavy atom. The number of carbonyl (C=O) groups excluding carboxylic acids is 1. The van der Waals surface area contributed by atoms with E-state index in [1.54, 1.807) is 0 Å².